The summed E-state index contributed by atoms with van der Waals surface area (Å²) in [6.07, 6.45) is 6.99. The van der Waals surface area contributed by atoms with Crippen LogP contribution in [0.2, 0.25) is 0 Å². The van der Waals surface area contributed by atoms with Gasteiger partial charge < -0.3 is 10.6 Å². The molecule has 0 saturated carbocycles. The smallest absolute Gasteiger partial charge is 0.153 e. The summed E-state index contributed by atoms with van der Waals surface area (Å²) in [5.74, 6) is 0. The van der Waals surface area contributed by atoms with E-state index in [4.69, 9.17) is 21.5 Å². The molecule has 1 rings (SSSR count). The second kappa shape index (κ2) is 5.21. The summed E-state index contributed by atoms with van der Waals surface area (Å²) in [6.45, 7) is 0. The SMILES string of the molecule is CN1C=CC=CC1=C(C#N)C(N)=C(C#N)C#N. The molecule has 17 heavy (non-hydrogen) atoms. The highest BCUT2D eigenvalue weighted by atomic mass is 15.1. The van der Waals surface area contributed by atoms with Gasteiger partial charge in [0.25, 0.3) is 0 Å². The Balaban J connectivity index is 3.43. The average molecular weight is 223 g/mol. The van der Waals surface area contributed by atoms with Crippen LogP contribution in [-0.4, -0.2) is 11.9 Å². The third-order valence-electron chi connectivity index (χ3n) is 2.19. The fourth-order valence-corrected chi connectivity index (χ4v) is 1.31. The zero-order chi connectivity index (χ0) is 12.8. The lowest BCUT2D eigenvalue weighted by molar-refractivity contribution is 0.579. The summed E-state index contributed by atoms with van der Waals surface area (Å²) in [5.41, 5.74) is 5.97. The number of nitrogens with two attached hydrogens (primary N) is 1. The molecule has 1 heterocycles. The maximum Gasteiger partial charge on any atom is 0.153 e. The summed E-state index contributed by atoms with van der Waals surface area (Å²) in [4.78, 5) is 1.69. The predicted molar refractivity (Wildman–Crippen MR) is 61.1 cm³/mol. The van der Waals surface area contributed by atoms with Gasteiger partial charge in [0, 0.05) is 13.2 Å². The molecule has 5 heteroatoms. The van der Waals surface area contributed by atoms with Crippen molar-refractivity contribution in [3.8, 4) is 18.2 Å². The summed E-state index contributed by atoms with van der Waals surface area (Å²) < 4.78 is 0. The summed E-state index contributed by atoms with van der Waals surface area (Å²) >= 11 is 0. The van der Waals surface area contributed by atoms with E-state index in [0.29, 0.717) is 5.70 Å². The Labute approximate surface area is 99.3 Å². The van der Waals surface area contributed by atoms with Crippen LogP contribution in [0, 0.1) is 34.0 Å². The van der Waals surface area contributed by atoms with E-state index in [1.807, 2.05) is 6.07 Å². The van der Waals surface area contributed by atoms with Crippen molar-refractivity contribution in [1.29, 1.82) is 15.8 Å². The lowest BCUT2D eigenvalue weighted by Gasteiger charge is -2.19. The number of nitriles is 3. The molecule has 0 aromatic carbocycles. The molecule has 1 aliphatic rings. The van der Waals surface area contributed by atoms with Crippen LogP contribution in [0.1, 0.15) is 0 Å². The van der Waals surface area contributed by atoms with Crippen LogP contribution in [-0.2, 0) is 0 Å². The largest absolute Gasteiger partial charge is 0.396 e. The number of hydrogen-bond donors (Lipinski definition) is 1. The molecular weight excluding hydrogens is 214 g/mol. The number of nitrogens with zero attached hydrogens (tertiary/aromatic N) is 4. The Bertz CT molecular complexity index is 553. The van der Waals surface area contributed by atoms with E-state index < -0.39 is 0 Å². The minimum Gasteiger partial charge on any atom is -0.396 e. The molecule has 0 aromatic heterocycles. The summed E-state index contributed by atoms with van der Waals surface area (Å²) in [7, 11) is 1.75. The van der Waals surface area contributed by atoms with Crippen molar-refractivity contribution in [2.24, 2.45) is 5.73 Å². The molecule has 0 fully saturated rings. The summed E-state index contributed by atoms with van der Waals surface area (Å²) in [5, 5.41) is 26.5. The van der Waals surface area contributed by atoms with Gasteiger partial charge in [0.05, 0.1) is 11.4 Å². The van der Waals surface area contributed by atoms with Crippen LogP contribution in [0.4, 0.5) is 0 Å². The Morgan fingerprint density at radius 2 is 1.82 bits per heavy atom. The van der Waals surface area contributed by atoms with E-state index in [9.17, 15) is 0 Å². The van der Waals surface area contributed by atoms with Crippen LogP contribution >= 0.6 is 0 Å². The Kier molecular flexibility index (Phi) is 3.71. The molecule has 0 spiro atoms. The molecule has 0 aromatic rings. The number of likely N-dealkylation sites (N-methyl/N-ethyl adjacent to an activating group) is 1. The van der Waals surface area contributed by atoms with Crippen LogP contribution in [0.5, 0.6) is 0 Å². The molecule has 0 atom stereocenters. The lowest BCUT2D eigenvalue weighted by Crippen LogP contribution is -2.16. The molecular formula is C12H9N5. The van der Waals surface area contributed by atoms with Gasteiger partial charge in [-0.05, 0) is 12.2 Å². The van der Waals surface area contributed by atoms with Crippen molar-refractivity contribution < 1.29 is 0 Å². The maximum absolute atomic E-state index is 9.08. The molecule has 82 valence electrons. The van der Waals surface area contributed by atoms with Crippen molar-refractivity contribution in [3.05, 3.63) is 47.0 Å². The van der Waals surface area contributed by atoms with Crippen LogP contribution in [0.3, 0.4) is 0 Å². The van der Waals surface area contributed by atoms with Gasteiger partial charge in [0.2, 0.25) is 0 Å². The van der Waals surface area contributed by atoms with Gasteiger partial charge in [-0.1, -0.05) is 6.08 Å². The highest BCUT2D eigenvalue weighted by molar-refractivity contribution is 5.56. The summed E-state index contributed by atoms with van der Waals surface area (Å²) in [6, 6.07) is 5.25. The molecule has 0 amide bonds. The van der Waals surface area contributed by atoms with Gasteiger partial charge in [-0.2, -0.15) is 15.8 Å². The Morgan fingerprint density at radius 3 is 2.29 bits per heavy atom. The quantitative estimate of drug-likeness (QED) is 0.669. The van der Waals surface area contributed by atoms with Crippen molar-refractivity contribution in [1.82, 2.24) is 4.90 Å². The number of allylic oxidation sites excluding steroid dienone is 5. The standard InChI is InChI=1S/C12H9N5/c1-17-5-3-2-4-11(17)10(8-15)12(16)9(6-13)7-14/h2-5H,16H2,1H3. The highest BCUT2D eigenvalue weighted by Gasteiger charge is 2.15. The van der Waals surface area contributed by atoms with Crippen LogP contribution in [0.25, 0.3) is 0 Å². The molecule has 1 aliphatic heterocycles. The Hall–Kier alpha value is -2.97. The zero-order valence-corrected chi connectivity index (χ0v) is 9.18. The second-order valence-corrected chi connectivity index (χ2v) is 3.20. The van der Waals surface area contributed by atoms with Gasteiger partial charge in [-0.3, -0.25) is 0 Å². The van der Waals surface area contributed by atoms with Crippen molar-refractivity contribution in [3.63, 3.8) is 0 Å². The average Bonchev–Trinajstić information content (AvgIpc) is 2.34. The molecule has 2 N–H and O–H groups in total. The minimum absolute atomic E-state index is 0.0979. The monoisotopic (exact) mass is 223 g/mol. The number of rotatable bonds is 1. The molecule has 0 radical (unpaired) electrons. The topological polar surface area (TPSA) is 101 Å². The first kappa shape index (κ1) is 12.1. The minimum atomic E-state index is -0.259. The van der Waals surface area contributed by atoms with E-state index in [1.165, 1.54) is 0 Å². The second-order valence-electron chi connectivity index (χ2n) is 3.20. The first-order chi connectivity index (χ1) is 8.15. The Morgan fingerprint density at radius 1 is 1.18 bits per heavy atom. The van der Waals surface area contributed by atoms with E-state index in [0.717, 1.165) is 0 Å². The van der Waals surface area contributed by atoms with Gasteiger partial charge in [0.1, 0.15) is 23.8 Å². The molecule has 0 bridgehead atoms. The highest BCUT2D eigenvalue weighted by Crippen LogP contribution is 2.19. The van der Waals surface area contributed by atoms with Crippen molar-refractivity contribution >= 4 is 0 Å². The molecule has 5 nitrogen and oxygen atoms in total. The first-order valence-corrected chi connectivity index (χ1v) is 4.68. The molecule has 0 unspecified atom stereocenters. The first-order valence-electron chi connectivity index (χ1n) is 4.68. The van der Waals surface area contributed by atoms with E-state index in [-0.39, 0.29) is 16.8 Å². The van der Waals surface area contributed by atoms with Crippen LogP contribution < -0.4 is 5.73 Å². The number of hydrogen-bond acceptors (Lipinski definition) is 5. The fourth-order valence-electron chi connectivity index (χ4n) is 1.31. The molecule has 0 aliphatic carbocycles. The van der Waals surface area contributed by atoms with Crippen LogP contribution in [0.15, 0.2) is 47.0 Å². The third-order valence-corrected chi connectivity index (χ3v) is 2.19. The maximum atomic E-state index is 9.08. The van der Waals surface area contributed by atoms with Gasteiger partial charge in [0.15, 0.2) is 5.57 Å². The molecule has 0 saturated heterocycles. The van der Waals surface area contributed by atoms with Gasteiger partial charge >= 0.3 is 0 Å². The van der Waals surface area contributed by atoms with Gasteiger partial charge in [-0.25, -0.2) is 0 Å². The zero-order valence-electron chi connectivity index (χ0n) is 9.18. The predicted octanol–water partition coefficient (Wildman–Crippen LogP) is 1.04. The van der Waals surface area contributed by atoms with Crippen molar-refractivity contribution in [2.45, 2.75) is 0 Å². The van der Waals surface area contributed by atoms with E-state index in [2.05, 4.69) is 0 Å². The van der Waals surface area contributed by atoms with Crippen molar-refractivity contribution in [2.75, 3.05) is 7.05 Å². The normalized spacial score (nSPS) is 15.5. The lowest BCUT2D eigenvalue weighted by atomic mass is 10.1. The fraction of sp³-hybridized carbons (Fsp3) is 0.0833. The third kappa shape index (κ3) is 2.34. The van der Waals surface area contributed by atoms with E-state index in [1.54, 1.807) is 48.5 Å². The van der Waals surface area contributed by atoms with Gasteiger partial charge in [-0.15, -0.1) is 0 Å². The van der Waals surface area contributed by atoms with E-state index >= 15 is 0 Å².